The highest BCUT2D eigenvalue weighted by molar-refractivity contribution is 6.30. The van der Waals surface area contributed by atoms with Gasteiger partial charge in [0.25, 0.3) is 0 Å². The molecule has 174 valence electrons. The summed E-state index contributed by atoms with van der Waals surface area (Å²) in [6, 6.07) is 11.0. The van der Waals surface area contributed by atoms with Crippen LogP contribution in [0.1, 0.15) is 55.5 Å². The molecule has 2 atom stereocenters. The molecule has 2 fully saturated rings. The Morgan fingerprint density at radius 1 is 1.22 bits per heavy atom. The van der Waals surface area contributed by atoms with Crippen LogP contribution in [-0.4, -0.2) is 58.5 Å². The number of hydrogen-bond acceptors (Lipinski definition) is 4. The van der Waals surface area contributed by atoms with Crippen LogP contribution in [0.25, 0.3) is 0 Å². The SMILES string of the molecule is CCNC(=O)C1CN(C2CCC(c3cc(C)n(C)n3)CC2)C(Cc2ccc(Cl)cc2)CO1. The van der Waals surface area contributed by atoms with E-state index in [1.165, 1.54) is 17.0 Å². The zero-order valence-electron chi connectivity index (χ0n) is 19.4. The summed E-state index contributed by atoms with van der Waals surface area (Å²) in [7, 11) is 2.01. The Bertz CT molecular complexity index is 886. The normalized spacial score (nSPS) is 26.8. The van der Waals surface area contributed by atoms with Crippen LogP contribution in [0.3, 0.4) is 0 Å². The summed E-state index contributed by atoms with van der Waals surface area (Å²) >= 11 is 6.08. The van der Waals surface area contributed by atoms with E-state index in [9.17, 15) is 4.79 Å². The van der Waals surface area contributed by atoms with Gasteiger partial charge in [-0.15, -0.1) is 0 Å². The van der Waals surface area contributed by atoms with E-state index in [0.29, 0.717) is 31.7 Å². The van der Waals surface area contributed by atoms with E-state index in [1.807, 2.05) is 30.8 Å². The number of halogens is 1. The predicted molar refractivity (Wildman–Crippen MR) is 127 cm³/mol. The van der Waals surface area contributed by atoms with Gasteiger partial charge in [0.2, 0.25) is 5.91 Å². The third-order valence-corrected chi connectivity index (χ3v) is 7.33. The molecule has 7 heteroatoms. The Hall–Kier alpha value is -1.89. The first-order chi connectivity index (χ1) is 15.4. The van der Waals surface area contributed by atoms with E-state index < -0.39 is 6.10 Å². The van der Waals surface area contributed by atoms with Crippen LogP contribution >= 0.6 is 11.6 Å². The molecular formula is C25H35ClN4O2. The summed E-state index contributed by atoms with van der Waals surface area (Å²) in [5, 5.41) is 8.41. The fourth-order valence-corrected chi connectivity index (χ4v) is 5.30. The lowest BCUT2D eigenvalue weighted by atomic mass is 9.82. The molecule has 2 heterocycles. The van der Waals surface area contributed by atoms with Gasteiger partial charge in [-0.05, 0) is 69.7 Å². The average Bonchev–Trinajstić information content (AvgIpc) is 3.14. The molecule has 0 radical (unpaired) electrons. The summed E-state index contributed by atoms with van der Waals surface area (Å²) in [6.07, 6.45) is 5.03. The smallest absolute Gasteiger partial charge is 0.250 e. The van der Waals surface area contributed by atoms with Crippen molar-refractivity contribution in [3.05, 3.63) is 52.3 Å². The molecule has 32 heavy (non-hydrogen) atoms. The second kappa shape index (κ2) is 10.4. The summed E-state index contributed by atoms with van der Waals surface area (Å²) in [6.45, 7) is 5.91. The molecule has 1 saturated heterocycles. The topological polar surface area (TPSA) is 59.4 Å². The van der Waals surface area contributed by atoms with Gasteiger partial charge in [-0.2, -0.15) is 5.10 Å². The first-order valence-electron chi connectivity index (χ1n) is 11.8. The molecule has 1 amide bonds. The lowest BCUT2D eigenvalue weighted by Crippen LogP contribution is -2.58. The molecule has 1 aliphatic heterocycles. The van der Waals surface area contributed by atoms with Crippen molar-refractivity contribution in [1.82, 2.24) is 20.0 Å². The number of aromatic nitrogens is 2. The van der Waals surface area contributed by atoms with E-state index in [-0.39, 0.29) is 11.9 Å². The van der Waals surface area contributed by atoms with Crippen LogP contribution in [0.5, 0.6) is 0 Å². The number of morpholine rings is 1. The maximum Gasteiger partial charge on any atom is 0.250 e. The zero-order chi connectivity index (χ0) is 22.7. The predicted octanol–water partition coefficient (Wildman–Crippen LogP) is 3.86. The molecular weight excluding hydrogens is 424 g/mol. The largest absolute Gasteiger partial charge is 0.365 e. The highest BCUT2D eigenvalue weighted by atomic mass is 35.5. The highest BCUT2D eigenvalue weighted by Crippen LogP contribution is 2.36. The molecule has 4 rings (SSSR count). The van der Waals surface area contributed by atoms with Crippen molar-refractivity contribution in [3.8, 4) is 0 Å². The van der Waals surface area contributed by atoms with Crippen molar-refractivity contribution in [2.24, 2.45) is 7.05 Å². The van der Waals surface area contributed by atoms with E-state index in [2.05, 4.69) is 35.3 Å². The fraction of sp³-hybridized carbons (Fsp3) is 0.600. The molecule has 1 aromatic heterocycles. The summed E-state index contributed by atoms with van der Waals surface area (Å²) in [4.78, 5) is 15.1. The quantitative estimate of drug-likeness (QED) is 0.714. The molecule has 2 aliphatic rings. The molecule has 6 nitrogen and oxygen atoms in total. The number of aryl methyl sites for hydroxylation is 2. The van der Waals surface area contributed by atoms with Gasteiger partial charge in [0.1, 0.15) is 6.10 Å². The van der Waals surface area contributed by atoms with E-state index >= 15 is 0 Å². The minimum absolute atomic E-state index is 0.0000830. The Kier molecular flexibility index (Phi) is 7.54. The summed E-state index contributed by atoms with van der Waals surface area (Å²) in [5.74, 6) is 0.529. The van der Waals surface area contributed by atoms with E-state index in [4.69, 9.17) is 21.4 Å². The van der Waals surface area contributed by atoms with Gasteiger partial charge < -0.3 is 10.1 Å². The van der Waals surface area contributed by atoms with Gasteiger partial charge in [0.15, 0.2) is 0 Å². The van der Waals surface area contributed by atoms with Crippen molar-refractivity contribution in [1.29, 1.82) is 0 Å². The molecule has 1 saturated carbocycles. The second-order valence-electron chi connectivity index (χ2n) is 9.24. The number of likely N-dealkylation sites (N-methyl/N-ethyl adjacent to an activating group) is 1. The van der Waals surface area contributed by atoms with Gasteiger partial charge in [0, 0.05) is 48.9 Å². The standard InChI is InChI=1S/C25H35ClN4O2/c1-4-27-25(31)24-15-30(22(16-32-24)14-18-5-9-20(26)10-6-18)21-11-7-19(8-12-21)23-13-17(2)29(3)28-23/h5-6,9-10,13,19,21-22,24H,4,7-8,11-12,14-16H2,1-3H3,(H,27,31). The average molecular weight is 459 g/mol. The first-order valence-corrected chi connectivity index (χ1v) is 12.2. The third-order valence-electron chi connectivity index (χ3n) is 7.08. The molecule has 0 spiro atoms. The Balaban J connectivity index is 1.45. The fourth-order valence-electron chi connectivity index (χ4n) is 5.17. The number of carbonyl (C=O) groups is 1. The number of nitrogens with one attached hydrogen (secondary N) is 1. The van der Waals surface area contributed by atoms with Crippen LogP contribution < -0.4 is 5.32 Å². The number of nitrogens with zero attached hydrogens (tertiary/aromatic N) is 3. The molecule has 1 N–H and O–H groups in total. The van der Waals surface area contributed by atoms with Crippen LogP contribution in [0, 0.1) is 6.92 Å². The molecule has 2 aromatic rings. The summed E-state index contributed by atoms with van der Waals surface area (Å²) in [5.41, 5.74) is 3.69. The zero-order valence-corrected chi connectivity index (χ0v) is 20.1. The molecule has 0 bridgehead atoms. The van der Waals surface area contributed by atoms with Crippen molar-refractivity contribution in [2.75, 3.05) is 19.7 Å². The molecule has 2 unspecified atom stereocenters. The Labute approximate surface area is 196 Å². The Morgan fingerprint density at radius 3 is 2.56 bits per heavy atom. The number of benzene rings is 1. The van der Waals surface area contributed by atoms with Gasteiger partial charge in [-0.3, -0.25) is 14.4 Å². The van der Waals surface area contributed by atoms with Crippen molar-refractivity contribution >= 4 is 17.5 Å². The Morgan fingerprint density at radius 2 is 1.94 bits per heavy atom. The van der Waals surface area contributed by atoms with Gasteiger partial charge in [0.05, 0.1) is 12.3 Å². The van der Waals surface area contributed by atoms with Crippen molar-refractivity contribution < 1.29 is 9.53 Å². The van der Waals surface area contributed by atoms with Gasteiger partial charge >= 0.3 is 0 Å². The second-order valence-corrected chi connectivity index (χ2v) is 9.67. The van der Waals surface area contributed by atoms with Crippen LogP contribution in [-0.2, 0) is 23.0 Å². The number of rotatable bonds is 6. The van der Waals surface area contributed by atoms with Crippen LogP contribution in [0.4, 0.5) is 0 Å². The van der Waals surface area contributed by atoms with Crippen molar-refractivity contribution in [3.63, 3.8) is 0 Å². The maximum absolute atomic E-state index is 12.5. The first kappa shape index (κ1) is 23.3. The third kappa shape index (κ3) is 5.36. The summed E-state index contributed by atoms with van der Waals surface area (Å²) < 4.78 is 8.01. The van der Waals surface area contributed by atoms with Gasteiger partial charge in [-0.25, -0.2) is 0 Å². The van der Waals surface area contributed by atoms with Crippen LogP contribution in [0.15, 0.2) is 30.3 Å². The number of hydrogen-bond donors (Lipinski definition) is 1. The lowest BCUT2D eigenvalue weighted by molar-refractivity contribution is -0.145. The minimum Gasteiger partial charge on any atom is -0.365 e. The number of amides is 1. The maximum atomic E-state index is 12.5. The number of carbonyl (C=O) groups excluding carboxylic acids is 1. The molecule has 1 aromatic carbocycles. The number of ether oxygens (including phenoxy) is 1. The minimum atomic E-state index is -0.396. The van der Waals surface area contributed by atoms with Crippen LogP contribution in [0.2, 0.25) is 5.02 Å². The molecule has 1 aliphatic carbocycles. The van der Waals surface area contributed by atoms with Gasteiger partial charge in [-0.1, -0.05) is 23.7 Å². The lowest BCUT2D eigenvalue weighted by Gasteiger charge is -2.45. The monoisotopic (exact) mass is 458 g/mol. The highest BCUT2D eigenvalue weighted by Gasteiger charge is 2.38. The van der Waals surface area contributed by atoms with Crippen molar-refractivity contribution in [2.45, 2.75) is 70.1 Å². The van der Waals surface area contributed by atoms with E-state index in [0.717, 1.165) is 37.1 Å². The van der Waals surface area contributed by atoms with E-state index in [1.54, 1.807) is 0 Å².